The lowest BCUT2D eigenvalue weighted by Crippen LogP contribution is -2.41. The first-order valence-corrected chi connectivity index (χ1v) is 6.51. The van der Waals surface area contributed by atoms with Crippen molar-refractivity contribution < 1.29 is 13.6 Å². The zero-order chi connectivity index (χ0) is 14.0. The van der Waals surface area contributed by atoms with Gasteiger partial charge in [-0.2, -0.15) is 0 Å². The summed E-state index contributed by atoms with van der Waals surface area (Å²) in [6, 6.07) is -0.188. The van der Waals surface area contributed by atoms with Gasteiger partial charge in [0.2, 0.25) is 5.92 Å². The number of hydrogen-bond donors (Lipinski definition) is 1. The van der Waals surface area contributed by atoms with Crippen LogP contribution in [0.2, 0.25) is 0 Å². The Kier molecular flexibility index (Phi) is 3.82. The fraction of sp³-hybridized carbons (Fsp3) is 0.750. The van der Waals surface area contributed by atoms with Crippen LogP contribution in [-0.4, -0.2) is 32.9 Å². The summed E-state index contributed by atoms with van der Waals surface area (Å²) in [5.74, 6) is -2.86. The number of aromatic nitrogens is 3. The van der Waals surface area contributed by atoms with Gasteiger partial charge in [-0.25, -0.2) is 13.5 Å². The Morgan fingerprint density at radius 3 is 2.68 bits per heavy atom. The molecule has 0 spiro atoms. The maximum absolute atomic E-state index is 13.0. The third-order valence-corrected chi connectivity index (χ3v) is 3.47. The monoisotopic (exact) mass is 272 g/mol. The summed E-state index contributed by atoms with van der Waals surface area (Å²) >= 11 is 0. The molecule has 0 bridgehead atoms. The zero-order valence-electron chi connectivity index (χ0n) is 11.1. The maximum Gasteiger partial charge on any atom is 0.271 e. The summed E-state index contributed by atoms with van der Waals surface area (Å²) in [6.07, 6.45) is 0.293. The summed E-state index contributed by atoms with van der Waals surface area (Å²) in [6.45, 7) is 4.13. The molecule has 0 atom stereocenters. The van der Waals surface area contributed by atoms with Crippen LogP contribution in [0.25, 0.3) is 0 Å². The van der Waals surface area contributed by atoms with E-state index in [1.54, 1.807) is 6.92 Å². The van der Waals surface area contributed by atoms with Gasteiger partial charge in [0.1, 0.15) is 5.69 Å². The van der Waals surface area contributed by atoms with Gasteiger partial charge in [-0.05, 0) is 26.7 Å². The second-order valence-corrected chi connectivity index (χ2v) is 4.94. The van der Waals surface area contributed by atoms with Gasteiger partial charge < -0.3 is 5.32 Å². The highest BCUT2D eigenvalue weighted by Crippen LogP contribution is 2.33. The van der Waals surface area contributed by atoms with Crippen molar-refractivity contribution >= 4 is 5.91 Å². The summed E-state index contributed by atoms with van der Waals surface area (Å²) in [4.78, 5) is 12.1. The highest BCUT2D eigenvalue weighted by atomic mass is 19.3. The van der Waals surface area contributed by atoms with Crippen LogP contribution in [0.1, 0.15) is 48.8 Å². The molecule has 0 radical (unpaired) electrons. The van der Waals surface area contributed by atoms with E-state index < -0.39 is 5.92 Å². The SMILES string of the molecule is CCn1nnc(C)c1C(=O)NC1CCC(F)(F)CC1. The fourth-order valence-electron chi connectivity index (χ4n) is 2.34. The van der Waals surface area contributed by atoms with Crippen molar-refractivity contribution in [1.82, 2.24) is 20.3 Å². The van der Waals surface area contributed by atoms with Gasteiger partial charge in [-0.15, -0.1) is 5.10 Å². The maximum atomic E-state index is 13.0. The van der Waals surface area contributed by atoms with Gasteiger partial charge in [0.15, 0.2) is 0 Å². The van der Waals surface area contributed by atoms with Crippen molar-refractivity contribution in [3.63, 3.8) is 0 Å². The molecule has 0 saturated heterocycles. The van der Waals surface area contributed by atoms with Gasteiger partial charge in [-0.1, -0.05) is 5.21 Å². The average molecular weight is 272 g/mol. The lowest BCUT2D eigenvalue weighted by molar-refractivity contribution is -0.0399. The van der Waals surface area contributed by atoms with Crippen LogP contribution in [0.5, 0.6) is 0 Å². The topological polar surface area (TPSA) is 59.8 Å². The molecule has 0 aliphatic heterocycles. The molecule has 5 nitrogen and oxygen atoms in total. The average Bonchev–Trinajstić information content (AvgIpc) is 2.73. The Hall–Kier alpha value is -1.53. The molecule has 1 amide bonds. The van der Waals surface area contributed by atoms with E-state index in [9.17, 15) is 13.6 Å². The largest absolute Gasteiger partial charge is 0.348 e. The van der Waals surface area contributed by atoms with E-state index >= 15 is 0 Å². The third kappa shape index (κ3) is 3.08. The Bertz CT molecular complexity index is 462. The first kappa shape index (κ1) is 13.9. The predicted molar refractivity (Wildman–Crippen MR) is 65.1 cm³/mol. The number of carbonyl (C=O) groups excluding carboxylic acids is 1. The molecule has 0 unspecified atom stereocenters. The molecular formula is C12H18F2N4O. The number of aryl methyl sites for hydroxylation is 2. The lowest BCUT2D eigenvalue weighted by Gasteiger charge is -2.28. The summed E-state index contributed by atoms with van der Waals surface area (Å²) in [7, 11) is 0. The third-order valence-electron chi connectivity index (χ3n) is 3.47. The van der Waals surface area contributed by atoms with Crippen molar-refractivity contribution in [3.05, 3.63) is 11.4 Å². The van der Waals surface area contributed by atoms with Gasteiger partial charge >= 0.3 is 0 Å². The zero-order valence-corrected chi connectivity index (χ0v) is 11.1. The highest BCUT2D eigenvalue weighted by molar-refractivity contribution is 5.93. The Labute approximate surface area is 110 Å². The molecule has 1 saturated carbocycles. The van der Waals surface area contributed by atoms with Crippen LogP contribution in [-0.2, 0) is 6.54 Å². The highest BCUT2D eigenvalue weighted by Gasteiger charge is 2.35. The quantitative estimate of drug-likeness (QED) is 0.914. The van der Waals surface area contributed by atoms with Crippen LogP contribution in [0.4, 0.5) is 8.78 Å². The number of amides is 1. The summed E-state index contributed by atoms with van der Waals surface area (Å²) < 4.78 is 27.6. The minimum Gasteiger partial charge on any atom is -0.348 e. The van der Waals surface area contributed by atoms with E-state index in [1.807, 2.05) is 6.92 Å². The van der Waals surface area contributed by atoms with E-state index in [4.69, 9.17) is 0 Å². The van der Waals surface area contributed by atoms with Crippen LogP contribution in [0.3, 0.4) is 0 Å². The van der Waals surface area contributed by atoms with Gasteiger partial charge in [0.25, 0.3) is 5.91 Å². The van der Waals surface area contributed by atoms with Crippen LogP contribution < -0.4 is 5.32 Å². The smallest absolute Gasteiger partial charge is 0.271 e. The first-order valence-electron chi connectivity index (χ1n) is 6.51. The van der Waals surface area contributed by atoms with Crippen molar-refractivity contribution in [1.29, 1.82) is 0 Å². The minimum absolute atomic E-state index is 0.164. The molecule has 1 N–H and O–H groups in total. The van der Waals surface area contributed by atoms with Crippen molar-refractivity contribution in [2.45, 2.75) is 58.0 Å². The van der Waals surface area contributed by atoms with E-state index in [1.165, 1.54) is 4.68 Å². The Morgan fingerprint density at radius 1 is 1.47 bits per heavy atom. The standard InChI is InChI=1S/C12H18F2N4O/c1-3-18-10(8(2)16-17-18)11(19)15-9-4-6-12(13,14)7-5-9/h9H,3-7H2,1-2H3,(H,15,19). The second-order valence-electron chi connectivity index (χ2n) is 4.94. The number of nitrogens with zero attached hydrogens (tertiary/aromatic N) is 3. The molecule has 1 heterocycles. The number of halogens is 2. The molecular weight excluding hydrogens is 254 g/mol. The first-order chi connectivity index (χ1) is 8.93. The summed E-state index contributed by atoms with van der Waals surface area (Å²) in [5.41, 5.74) is 0.973. The number of rotatable bonds is 3. The summed E-state index contributed by atoms with van der Waals surface area (Å²) in [5, 5.41) is 10.5. The molecule has 7 heteroatoms. The second kappa shape index (κ2) is 5.22. The minimum atomic E-state index is -2.58. The number of nitrogens with one attached hydrogen (secondary N) is 1. The Morgan fingerprint density at radius 2 is 2.11 bits per heavy atom. The number of hydrogen-bond acceptors (Lipinski definition) is 3. The lowest BCUT2D eigenvalue weighted by atomic mass is 9.92. The van der Waals surface area contributed by atoms with Crippen LogP contribution in [0.15, 0.2) is 0 Å². The fourth-order valence-corrected chi connectivity index (χ4v) is 2.34. The van der Waals surface area contributed by atoms with E-state index in [0.717, 1.165) is 0 Å². The van der Waals surface area contributed by atoms with E-state index in [2.05, 4.69) is 15.6 Å². The molecule has 19 heavy (non-hydrogen) atoms. The molecule has 1 aromatic rings. The normalized spacial score (nSPS) is 19.4. The van der Waals surface area contributed by atoms with Crippen LogP contribution in [0, 0.1) is 6.92 Å². The van der Waals surface area contributed by atoms with Crippen molar-refractivity contribution in [2.24, 2.45) is 0 Å². The van der Waals surface area contributed by atoms with Crippen LogP contribution >= 0.6 is 0 Å². The molecule has 2 rings (SSSR count). The molecule has 1 fully saturated rings. The van der Waals surface area contributed by atoms with Gasteiger partial charge in [0.05, 0.1) is 5.69 Å². The molecule has 1 aromatic heterocycles. The van der Waals surface area contributed by atoms with E-state index in [0.29, 0.717) is 30.8 Å². The molecule has 1 aliphatic rings. The van der Waals surface area contributed by atoms with Crippen molar-refractivity contribution in [3.8, 4) is 0 Å². The molecule has 1 aliphatic carbocycles. The van der Waals surface area contributed by atoms with E-state index in [-0.39, 0.29) is 24.8 Å². The number of carbonyl (C=O) groups is 1. The molecule has 0 aromatic carbocycles. The molecule has 106 valence electrons. The predicted octanol–water partition coefficient (Wildman–Crippen LogP) is 1.91. The van der Waals surface area contributed by atoms with Gasteiger partial charge in [0, 0.05) is 25.4 Å². The Balaban J connectivity index is 2.00. The van der Waals surface area contributed by atoms with Crippen molar-refractivity contribution in [2.75, 3.05) is 0 Å². The number of alkyl halides is 2. The van der Waals surface area contributed by atoms with Gasteiger partial charge in [-0.3, -0.25) is 4.79 Å².